The Morgan fingerprint density at radius 2 is 2.11 bits per heavy atom. The highest BCUT2D eigenvalue weighted by Crippen LogP contribution is 2.19. The number of nitriles is 1. The highest BCUT2D eigenvalue weighted by molar-refractivity contribution is 7.98. The van der Waals surface area contributed by atoms with E-state index in [9.17, 15) is 5.26 Å². The first-order chi connectivity index (χ1) is 8.83. The largest absolute Gasteiger partial charge is 0.468 e. The van der Waals surface area contributed by atoms with Crippen molar-refractivity contribution in [1.82, 2.24) is 5.32 Å². The topological polar surface area (TPSA) is 49.0 Å². The molecule has 1 N–H and O–H groups in total. The van der Waals surface area contributed by atoms with Crippen LogP contribution in [0.1, 0.15) is 17.4 Å². The van der Waals surface area contributed by atoms with Gasteiger partial charge < -0.3 is 4.42 Å². The third-order valence-corrected chi connectivity index (χ3v) is 3.38. The van der Waals surface area contributed by atoms with E-state index < -0.39 is 0 Å². The van der Waals surface area contributed by atoms with Gasteiger partial charge in [-0.25, -0.2) is 0 Å². The molecule has 1 heterocycles. The Kier molecular flexibility index (Phi) is 4.46. The van der Waals surface area contributed by atoms with Gasteiger partial charge in [-0.1, -0.05) is 12.1 Å². The molecule has 0 amide bonds. The lowest BCUT2D eigenvalue weighted by molar-refractivity contribution is 0.473. The summed E-state index contributed by atoms with van der Waals surface area (Å²) in [6, 6.07) is 13.7. The molecule has 1 unspecified atom stereocenters. The van der Waals surface area contributed by atoms with Crippen LogP contribution in [0, 0.1) is 11.3 Å². The molecule has 4 heteroatoms. The zero-order chi connectivity index (χ0) is 12.8. The lowest BCUT2D eigenvalue weighted by Gasteiger charge is -2.11. The minimum atomic E-state index is -0.314. The van der Waals surface area contributed by atoms with Crippen molar-refractivity contribution in [3.05, 3.63) is 54.0 Å². The SMILES string of the molecule is CSc1ccc(C(C#N)NCc2ccco2)cc1. The summed E-state index contributed by atoms with van der Waals surface area (Å²) in [5.74, 6) is 0.830. The maximum atomic E-state index is 9.19. The number of rotatable bonds is 5. The van der Waals surface area contributed by atoms with Crippen molar-refractivity contribution in [3.63, 3.8) is 0 Å². The van der Waals surface area contributed by atoms with Crippen LogP contribution < -0.4 is 5.32 Å². The molecule has 0 aliphatic heterocycles. The van der Waals surface area contributed by atoms with Crippen molar-refractivity contribution in [2.24, 2.45) is 0 Å². The Morgan fingerprint density at radius 1 is 1.33 bits per heavy atom. The number of furan rings is 1. The maximum absolute atomic E-state index is 9.19. The summed E-state index contributed by atoms with van der Waals surface area (Å²) < 4.78 is 5.23. The first-order valence-corrected chi connectivity index (χ1v) is 6.85. The number of nitrogens with one attached hydrogen (secondary N) is 1. The van der Waals surface area contributed by atoms with Gasteiger partial charge >= 0.3 is 0 Å². The van der Waals surface area contributed by atoms with Crippen LogP contribution in [-0.2, 0) is 6.54 Å². The van der Waals surface area contributed by atoms with Crippen LogP contribution in [0.15, 0.2) is 52.0 Å². The number of thioether (sulfide) groups is 1. The third-order valence-electron chi connectivity index (χ3n) is 2.64. The predicted octanol–water partition coefficient (Wildman–Crippen LogP) is 3.36. The van der Waals surface area contributed by atoms with Crippen molar-refractivity contribution in [1.29, 1.82) is 5.26 Å². The van der Waals surface area contributed by atoms with Gasteiger partial charge in [0.25, 0.3) is 0 Å². The van der Waals surface area contributed by atoms with Crippen LogP contribution in [0.5, 0.6) is 0 Å². The quantitative estimate of drug-likeness (QED) is 0.835. The third kappa shape index (κ3) is 3.16. The van der Waals surface area contributed by atoms with E-state index in [1.54, 1.807) is 18.0 Å². The van der Waals surface area contributed by atoms with Crippen molar-refractivity contribution >= 4 is 11.8 Å². The number of hydrogen-bond donors (Lipinski definition) is 1. The van der Waals surface area contributed by atoms with Crippen molar-refractivity contribution in [2.75, 3.05) is 6.26 Å². The lowest BCUT2D eigenvalue weighted by atomic mass is 10.1. The monoisotopic (exact) mass is 258 g/mol. The molecule has 1 aromatic heterocycles. The van der Waals surface area contributed by atoms with Gasteiger partial charge in [0.15, 0.2) is 0 Å². The fourth-order valence-corrected chi connectivity index (χ4v) is 2.06. The molecule has 0 radical (unpaired) electrons. The average Bonchev–Trinajstić information content (AvgIpc) is 2.93. The second kappa shape index (κ2) is 6.29. The fourth-order valence-electron chi connectivity index (χ4n) is 1.65. The standard InChI is InChI=1S/C14H14N2OS/c1-18-13-6-4-11(5-7-13)14(9-15)16-10-12-3-2-8-17-12/h2-8,14,16H,10H2,1H3. The van der Waals surface area contributed by atoms with E-state index in [-0.39, 0.29) is 6.04 Å². The van der Waals surface area contributed by atoms with Crippen molar-refractivity contribution in [2.45, 2.75) is 17.5 Å². The zero-order valence-electron chi connectivity index (χ0n) is 10.1. The molecule has 1 aromatic carbocycles. The molecule has 1 atom stereocenters. The van der Waals surface area contributed by atoms with Crippen LogP contribution >= 0.6 is 11.8 Å². The molecule has 0 aliphatic carbocycles. The van der Waals surface area contributed by atoms with Gasteiger partial charge in [0.2, 0.25) is 0 Å². The van der Waals surface area contributed by atoms with Gasteiger partial charge in [-0.15, -0.1) is 11.8 Å². The molecule has 2 aromatic rings. The molecule has 0 aliphatic rings. The number of hydrogen-bond acceptors (Lipinski definition) is 4. The van der Waals surface area contributed by atoms with E-state index in [0.29, 0.717) is 6.54 Å². The maximum Gasteiger partial charge on any atom is 0.121 e. The van der Waals surface area contributed by atoms with E-state index >= 15 is 0 Å². The van der Waals surface area contributed by atoms with Gasteiger partial charge in [0.1, 0.15) is 11.8 Å². The van der Waals surface area contributed by atoms with Crippen LogP contribution in [0.3, 0.4) is 0 Å². The van der Waals surface area contributed by atoms with Gasteiger partial charge in [0, 0.05) is 4.90 Å². The summed E-state index contributed by atoms with van der Waals surface area (Å²) in [6.07, 6.45) is 3.66. The Balaban J connectivity index is 2.01. The molecule has 3 nitrogen and oxygen atoms in total. The van der Waals surface area contributed by atoms with Crippen molar-refractivity contribution < 1.29 is 4.42 Å². The minimum Gasteiger partial charge on any atom is -0.468 e. The molecule has 0 saturated carbocycles. The normalized spacial score (nSPS) is 12.0. The highest BCUT2D eigenvalue weighted by Gasteiger charge is 2.10. The summed E-state index contributed by atoms with van der Waals surface area (Å²) in [6.45, 7) is 0.551. The van der Waals surface area contributed by atoms with E-state index in [0.717, 1.165) is 11.3 Å². The minimum absolute atomic E-state index is 0.314. The molecule has 0 saturated heterocycles. The summed E-state index contributed by atoms with van der Waals surface area (Å²) in [5, 5.41) is 12.4. The average molecular weight is 258 g/mol. The molecular formula is C14H14N2OS. The number of benzene rings is 1. The Labute approximate surface area is 111 Å². The molecule has 92 valence electrons. The van der Waals surface area contributed by atoms with E-state index in [1.807, 2.05) is 42.7 Å². The second-order valence-electron chi connectivity index (χ2n) is 3.80. The molecule has 0 bridgehead atoms. The lowest BCUT2D eigenvalue weighted by Crippen LogP contribution is -2.19. The van der Waals surface area contributed by atoms with Gasteiger partial charge in [-0.2, -0.15) is 5.26 Å². The van der Waals surface area contributed by atoms with Crippen LogP contribution in [0.2, 0.25) is 0 Å². The number of nitrogens with zero attached hydrogens (tertiary/aromatic N) is 1. The summed E-state index contributed by atoms with van der Waals surface area (Å²) in [4.78, 5) is 1.20. The van der Waals surface area contributed by atoms with E-state index in [2.05, 4.69) is 11.4 Å². The smallest absolute Gasteiger partial charge is 0.121 e. The van der Waals surface area contributed by atoms with Gasteiger partial charge in [-0.05, 0) is 36.1 Å². The first-order valence-electron chi connectivity index (χ1n) is 5.63. The molecule has 18 heavy (non-hydrogen) atoms. The van der Waals surface area contributed by atoms with E-state index in [1.165, 1.54) is 4.90 Å². The zero-order valence-corrected chi connectivity index (χ0v) is 10.9. The second-order valence-corrected chi connectivity index (χ2v) is 4.68. The van der Waals surface area contributed by atoms with Gasteiger partial charge in [0.05, 0.1) is 18.9 Å². The van der Waals surface area contributed by atoms with Crippen LogP contribution in [0.4, 0.5) is 0 Å². The first kappa shape index (κ1) is 12.7. The summed E-state index contributed by atoms with van der Waals surface area (Å²) in [7, 11) is 0. The van der Waals surface area contributed by atoms with Gasteiger partial charge in [-0.3, -0.25) is 5.32 Å². The molecule has 0 fully saturated rings. The summed E-state index contributed by atoms with van der Waals surface area (Å²) in [5.41, 5.74) is 0.974. The Hall–Kier alpha value is -1.70. The highest BCUT2D eigenvalue weighted by atomic mass is 32.2. The molecular weight excluding hydrogens is 244 g/mol. The van der Waals surface area contributed by atoms with Crippen molar-refractivity contribution in [3.8, 4) is 6.07 Å². The van der Waals surface area contributed by atoms with Crippen LogP contribution in [0.25, 0.3) is 0 Å². The summed E-state index contributed by atoms with van der Waals surface area (Å²) >= 11 is 1.69. The van der Waals surface area contributed by atoms with E-state index in [4.69, 9.17) is 4.42 Å². The predicted molar refractivity (Wildman–Crippen MR) is 72.1 cm³/mol. The Bertz CT molecular complexity index is 514. The molecule has 0 spiro atoms. The Morgan fingerprint density at radius 3 is 2.67 bits per heavy atom. The molecule has 2 rings (SSSR count). The fraction of sp³-hybridized carbons (Fsp3) is 0.214. The van der Waals surface area contributed by atoms with Crippen LogP contribution in [-0.4, -0.2) is 6.26 Å².